The highest BCUT2D eigenvalue weighted by molar-refractivity contribution is 5.85. The van der Waals surface area contributed by atoms with Crippen molar-refractivity contribution in [1.82, 2.24) is 5.32 Å². The molecule has 0 saturated heterocycles. The summed E-state index contributed by atoms with van der Waals surface area (Å²) in [7, 11) is 0. The second-order valence-corrected chi connectivity index (χ2v) is 7.97. The highest BCUT2D eigenvalue weighted by Crippen LogP contribution is 2.36. The van der Waals surface area contributed by atoms with Gasteiger partial charge in [-0.3, -0.25) is 4.79 Å². The van der Waals surface area contributed by atoms with Gasteiger partial charge in [0, 0.05) is 17.5 Å². The summed E-state index contributed by atoms with van der Waals surface area (Å²) in [5, 5.41) is 3.12. The lowest BCUT2D eigenvalue weighted by atomic mass is 9.74. The highest BCUT2D eigenvalue weighted by Gasteiger charge is 2.38. The number of nitrogens with one attached hydrogen (secondary N) is 1. The SMILES string of the molecule is CC(C)(CNC(=O)C1CCCCC1(C)N)c1ccc2c(c1)OCO2.Cl. The lowest BCUT2D eigenvalue weighted by molar-refractivity contribution is -0.128. The Morgan fingerprint density at radius 2 is 2.04 bits per heavy atom. The zero-order valence-corrected chi connectivity index (χ0v) is 16.1. The predicted octanol–water partition coefficient (Wildman–Crippen LogP) is 3.14. The van der Waals surface area contributed by atoms with Crippen molar-refractivity contribution in [3.63, 3.8) is 0 Å². The first kappa shape index (κ1) is 19.9. The minimum Gasteiger partial charge on any atom is -0.454 e. The lowest BCUT2D eigenvalue weighted by Gasteiger charge is -2.38. The lowest BCUT2D eigenvalue weighted by Crippen LogP contribution is -2.54. The summed E-state index contributed by atoms with van der Waals surface area (Å²) in [6.07, 6.45) is 3.98. The van der Waals surface area contributed by atoms with Gasteiger partial charge < -0.3 is 20.5 Å². The van der Waals surface area contributed by atoms with Gasteiger partial charge in [0.15, 0.2) is 11.5 Å². The van der Waals surface area contributed by atoms with Gasteiger partial charge in [-0.1, -0.05) is 32.8 Å². The largest absolute Gasteiger partial charge is 0.454 e. The van der Waals surface area contributed by atoms with E-state index in [-0.39, 0.29) is 36.4 Å². The molecular formula is C19H29ClN2O3. The number of carbonyl (C=O) groups is 1. The van der Waals surface area contributed by atoms with E-state index >= 15 is 0 Å². The fraction of sp³-hybridized carbons (Fsp3) is 0.632. The van der Waals surface area contributed by atoms with Crippen LogP contribution in [0.2, 0.25) is 0 Å². The zero-order valence-electron chi connectivity index (χ0n) is 15.3. The molecule has 2 atom stereocenters. The number of hydrogen-bond acceptors (Lipinski definition) is 4. The van der Waals surface area contributed by atoms with Gasteiger partial charge in [0.1, 0.15) is 0 Å². The maximum atomic E-state index is 12.6. The van der Waals surface area contributed by atoms with Gasteiger partial charge in [0.2, 0.25) is 12.7 Å². The first-order chi connectivity index (χ1) is 11.3. The number of rotatable bonds is 4. The topological polar surface area (TPSA) is 73.6 Å². The number of carbonyl (C=O) groups excluding carboxylic acids is 1. The molecule has 5 nitrogen and oxygen atoms in total. The minimum absolute atomic E-state index is 0. The van der Waals surface area contributed by atoms with Crippen LogP contribution in [0.5, 0.6) is 11.5 Å². The maximum Gasteiger partial charge on any atom is 0.231 e. The van der Waals surface area contributed by atoms with Gasteiger partial charge in [0.25, 0.3) is 0 Å². The summed E-state index contributed by atoms with van der Waals surface area (Å²) >= 11 is 0. The fourth-order valence-electron chi connectivity index (χ4n) is 3.64. The normalized spacial score (nSPS) is 25.2. The summed E-state index contributed by atoms with van der Waals surface area (Å²) < 4.78 is 10.8. The van der Waals surface area contributed by atoms with Gasteiger partial charge in [-0.15, -0.1) is 12.4 Å². The number of hydrogen-bond donors (Lipinski definition) is 2. The van der Waals surface area contributed by atoms with E-state index < -0.39 is 5.54 Å². The number of fused-ring (bicyclic) bond motifs is 1. The molecule has 25 heavy (non-hydrogen) atoms. The third kappa shape index (κ3) is 4.21. The molecule has 2 unspecified atom stereocenters. The molecule has 1 aromatic rings. The predicted molar refractivity (Wildman–Crippen MR) is 100 cm³/mol. The van der Waals surface area contributed by atoms with Crippen LogP contribution in [-0.4, -0.2) is 24.8 Å². The number of amides is 1. The molecule has 3 rings (SSSR count). The van der Waals surface area contributed by atoms with E-state index in [9.17, 15) is 4.79 Å². The van der Waals surface area contributed by atoms with E-state index in [1.165, 1.54) is 0 Å². The molecule has 1 saturated carbocycles. The quantitative estimate of drug-likeness (QED) is 0.856. The van der Waals surface area contributed by atoms with E-state index in [0.29, 0.717) is 6.54 Å². The van der Waals surface area contributed by atoms with Crippen molar-refractivity contribution in [3.05, 3.63) is 23.8 Å². The summed E-state index contributed by atoms with van der Waals surface area (Å²) in [5.41, 5.74) is 6.86. The van der Waals surface area contributed by atoms with Gasteiger partial charge in [-0.25, -0.2) is 0 Å². The Morgan fingerprint density at radius 3 is 2.76 bits per heavy atom. The molecule has 0 bridgehead atoms. The summed E-state index contributed by atoms with van der Waals surface area (Å²) in [6.45, 7) is 7.07. The van der Waals surface area contributed by atoms with Crippen LogP contribution < -0.4 is 20.5 Å². The molecule has 1 fully saturated rings. The Labute approximate surface area is 156 Å². The van der Waals surface area contributed by atoms with E-state index in [1.807, 2.05) is 25.1 Å². The molecule has 1 aromatic carbocycles. The van der Waals surface area contributed by atoms with Gasteiger partial charge in [-0.05, 0) is 37.5 Å². The molecule has 0 spiro atoms. The molecule has 1 aliphatic carbocycles. The first-order valence-electron chi connectivity index (χ1n) is 8.76. The van der Waals surface area contributed by atoms with Crippen LogP contribution >= 0.6 is 12.4 Å². The molecule has 140 valence electrons. The maximum absolute atomic E-state index is 12.6. The average Bonchev–Trinajstić information content (AvgIpc) is 3.00. The molecule has 3 N–H and O–H groups in total. The monoisotopic (exact) mass is 368 g/mol. The van der Waals surface area contributed by atoms with Crippen LogP contribution in [0.15, 0.2) is 18.2 Å². The number of halogens is 1. The molecule has 1 aliphatic heterocycles. The van der Waals surface area contributed by atoms with Crippen LogP contribution in [0, 0.1) is 5.92 Å². The van der Waals surface area contributed by atoms with Crippen LogP contribution in [0.25, 0.3) is 0 Å². The highest BCUT2D eigenvalue weighted by atomic mass is 35.5. The molecule has 0 radical (unpaired) electrons. The van der Waals surface area contributed by atoms with Crippen molar-refractivity contribution in [3.8, 4) is 11.5 Å². The second kappa shape index (κ2) is 7.42. The van der Waals surface area contributed by atoms with E-state index in [4.69, 9.17) is 15.2 Å². The number of benzene rings is 1. The third-order valence-electron chi connectivity index (χ3n) is 5.43. The van der Waals surface area contributed by atoms with Crippen LogP contribution in [-0.2, 0) is 10.2 Å². The first-order valence-corrected chi connectivity index (χ1v) is 8.76. The zero-order chi connectivity index (χ0) is 17.4. The van der Waals surface area contributed by atoms with Gasteiger partial charge >= 0.3 is 0 Å². The Bertz CT molecular complexity index is 631. The summed E-state index contributed by atoms with van der Waals surface area (Å²) in [5.74, 6) is 1.53. The Hall–Kier alpha value is -1.46. The Kier molecular flexibility index (Phi) is 5.89. The van der Waals surface area contributed by atoms with Crippen molar-refractivity contribution in [2.24, 2.45) is 11.7 Å². The van der Waals surface area contributed by atoms with Crippen molar-refractivity contribution in [2.75, 3.05) is 13.3 Å². The molecule has 2 aliphatic rings. The van der Waals surface area contributed by atoms with Crippen molar-refractivity contribution >= 4 is 18.3 Å². The van der Waals surface area contributed by atoms with E-state index in [0.717, 1.165) is 42.7 Å². The number of ether oxygens (including phenoxy) is 2. The number of nitrogens with two attached hydrogens (primary N) is 1. The van der Waals surface area contributed by atoms with Crippen molar-refractivity contribution in [1.29, 1.82) is 0 Å². The Morgan fingerprint density at radius 1 is 1.32 bits per heavy atom. The second-order valence-electron chi connectivity index (χ2n) is 7.97. The summed E-state index contributed by atoms with van der Waals surface area (Å²) in [6, 6.07) is 5.97. The third-order valence-corrected chi connectivity index (χ3v) is 5.43. The molecular weight excluding hydrogens is 340 g/mol. The van der Waals surface area contributed by atoms with Crippen molar-refractivity contribution < 1.29 is 14.3 Å². The average molecular weight is 369 g/mol. The van der Waals surface area contributed by atoms with E-state index in [2.05, 4.69) is 19.2 Å². The summed E-state index contributed by atoms with van der Waals surface area (Å²) in [4.78, 5) is 12.6. The minimum atomic E-state index is -0.398. The standard InChI is InChI=1S/C19H28N2O3.ClH/c1-18(2,13-7-8-15-16(10-13)24-12-23-15)11-21-17(22)14-6-4-5-9-19(14,3)20;/h7-8,10,14H,4-6,9,11-12,20H2,1-3H3,(H,21,22);1H. The smallest absolute Gasteiger partial charge is 0.231 e. The van der Waals surface area contributed by atoms with Crippen molar-refractivity contribution in [2.45, 2.75) is 57.4 Å². The van der Waals surface area contributed by atoms with Crippen LogP contribution in [0.1, 0.15) is 52.0 Å². The molecule has 6 heteroatoms. The molecule has 1 amide bonds. The van der Waals surface area contributed by atoms with E-state index in [1.54, 1.807) is 0 Å². The van der Waals surface area contributed by atoms with Gasteiger partial charge in [-0.2, -0.15) is 0 Å². The van der Waals surface area contributed by atoms with Gasteiger partial charge in [0.05, 0.1) is 5.92 Å². The van der Waals surface area contributed by atoms with Crippen LogP contribution in [0.4, 0.5) is 0 Å². The molecule has 1 heterocycles. The molecule has 0 aromatic heterocycles. The van der Waals surface area contributed by atoms with Crippen LogP contribution in [0.3, 0.4) is 0 Å². The fourth-order valence-corrected chi connectivity index (χ4v) is 3.64. The Balaban J connectivity index is 0.00000225.